The van der Waals surface area contributed by atoms with Crippen molar-refractivity contribution >= 4 is 11.3 Å². The Morgan fingerprint density at radius 3 is 2.65 bits per heavy atom. The number of hydrogen-bond acceptors (Lipinski definition) is 5. The van der Waals surface area contributed by atoms with Crippen LogP contribution in [-0.4, -0.2) is 25.7 Å². The molecule has 0 aliphatic carbocycles. The van der Waals surface area contributed by atoms with Crippen molar-refractivity contribution in [3.8, 4) is 0 Å². The van der Waals surface area contributed by atoms with Gasteiger partial charge in [0.05, 0.1) is 12.6 Å². The molecule has 0 saturated heterocycles. The van der Waals surface area contributed by atoms with E-state index in [4.69, 9.17) is 0 Å². The summed E-state index contributed by atoms with van der Waals surface area (Å²) in [6.45, 7) is 11.5. The quantitative estimate of drug-likeness (QED) is 0.921. The number of aromatic nitrogens is 4. The van der Waals surface area contributed by atoms with Crippen molar-refractivity contribution < 1.29 is 0 Å². The molecule has 110 valence electrons. The standard InChI is InChI=1S/C14H23N5S/c1-10(2)13(11-7-6-8-20-11)19-12(16-17-18-19)9-15-14(3,4)5/h6-8,10,13,15H,9H2,1-5H3. The second-order valence-electron chi connectivity index (χ2n) is 6.35. The lowest BCUT2D eigenvalue weighted by atomic mass is 10.0. The lowest BCUT2D eigenvalue weighted by molar-refractivity contribution is 0.365. The fourth-order valence-corrected chi connectivity index (χ4v) is 3.06. The number of tetrazole rings is 1. The summed E-state index contributed by atoms with van der Waals surface area (Å²) in [6.07, 6.45) is 0. The highest BCUT2D eigenvalue weighted by molar-refractivity contribution is 7.10. The molecule has 1 atom stereocenters. The molecule has 0 radical (unpaired) electrons. The zero-order valence-corrected chi connectivity index (χ0v) is 13.6. The molecule has 0 aromatic carbocycles. The Morgan fingerprint density at radius 2 is 2.10 bits per heavy atom. The maximum absolute atomic E-state index is 4.22. The van der Waals surface area contributed by atoms with Crippen LogP contribution in [0.5, 0.6) is 0 Å². The molecule has 0 aliphatic rings. The first kappa shape index (κ1) is 15.1. The molecule has 0 fully saturated rings. The van der Waals surface area contributed by atoms with Gasteiger partial charge in [-0.1, -0.05) is 19.9 Å². The molecule has 2 aromatic rings. The van der Waals surface area contributed by atoms with Gasteiger partial charge >= 0.3 is 0 Å². The minimum atomic E-state index is 0.0487. The van der Waals surface area contributed by atoms with Gasteiger partial charge in [0.1, 0.15) is 0 Å². The molecule has 0 amide bonds. The SMILES string of the molecule is CC(C)C(c1cccs1)n1nnnc1CNC(C)(C)C. The molecule has 1 N–H and O–H groups in total. The van der Waals surface area contributed by atoms with Crippen molar-refractivity contribution in [2.75, 3.05) is 0 Å². The molecule has 0 spiro atoms. The van der Waals surface area contributed by atoms with Crippen molar-refractivity contribution in [2.24, 2.45) is 5.92 Å². The van der Waals surface area contributed by atoms with Gasteiger partial charge < -0.3 is 5.32 Å². The molecular weight excluding hydrogens is 270 g/mol. The van der Waals surface area contributed by atoms with Crippen LogP contribution in [0.3, 0.4) is 0 Å². The summed E-state index contributed by atoms with van der Waals surface area (Å²) in [5, 5.41) is 17.8. The van der Waals surface area contributed by atoms with Crippen LogP contribution in [0.4, 0.5) is 0 Å². The highest BCUT2D eigenvalue weighted by atomic mass is 32.1. The van der Waals surface area contributed by atoms with E-state index in [9.17, 15) is 0 Å². The number of nitrogens with one attached hydrogen (secondary N) is 1. The molecule has 2 heterocycles. The van der Waals surface area contributed by atoms with E-state index in [1.807, 2.05) is 4.68 Å². The van der Waals surface area contributed by atoms with E-state index in [0.29, 0.717) is 12.5 Å². The van der Waals surface area contributed by atoms with Crippen LogP contribution in [0.15, 0.2) is 17.5 Å². The highest BCUT2D eigenvalue weighted by Gasteiger charge is 2.24. The summed E-state index contributed by atoms with van der Waals surface area (Å²) >= 11 is 1.75. The van der Waals surface area contributed by atoms with Gasteiger partial charge in [-0.2, -0.15) is 0 Å². The van der Waals surface area contributed by atoms with Crippen LogP contribution in [0.1, 0.15) is 51.4 Å². The molecule has 0 bridgehead atoms. The maximum atomic E-state index is 4.22. The number of nitrogens with zero attached hydrogens (tertiary/aromatic N) is 4. The second kappa shape index (κ2) is 6.01. The van der Waals surface area contributed by atoms with Crippen molar-refractivity contribution in [1.29, 1.82) is 0 Å². The van der Waals surface area contributed by atoms with Gasteiger partial charge in [0.2, 0.25) is 0 Å². The number of thiophene rings is 1. The van der Waals surface area contributed by atoms with Gasteiger partial charge in [-0.15, -0.1) is 16.4 Å². The molecule has 0 aliphatic heterocycles. The Hall–Kier alpha value is -1.27. The van der Waals surface area contributed by atoms with Crippen LogP contribution >= 0.6 is 11.3 Å². The van der Waals surface area contributed by atoms with Crippen LogP contribution in [0, 0.1) is 5.92 Å². The molecule has 1 unspecified atom stereocenters. The Labute approximate surface area is 124 Å². The van der Waals surface area contributed by atoms with Gasteiger partial charge in [0.15, 0.2) is 5.82 Å². The lowest BCUT2D eigenvalue weighted by Crippen LogP contribution is -2.36. The van der Waals surface area contributed by atoms with Crippen molar-refractivity contribution in [3.05, 3.63) is 28.2 Å². The fourth-order valence-electron chi connectivity index (χ4n) is 2.08. The van der Waals surface area contributed by atoms with E-state index in [1.54, 1.807) is 11.3 Å². The Bertz CT molecular complexity index is 524. The normalized spacial score (nSPS) is 13.9. The zero-order chi connectivity index (χ0) is 14.8. The lowest BCUT2D eigenvalue weighted by Gasteiger charge is -2.23. The first-order valence-corrected chi connectivity index (χ1v) is 7.81. The molecular formula is C14H23N5S. The summed E-state index contributed by atoms with van der Waals surface area (Å²) < 4.78 is 1.95. The Balaban J connectivity index is 2.25. The Kier molecular flexibility index (Phi) is 4.55. The predicted molar refractivity (Wildman–Crippen MR) is 81.7 cm³/mol. The third-order valence-electron chi connectivity index (χ3n) is 3.07. The summed E-state index contributed by atoms with van der Waals surface area (Å²) in [4.78, 5) is 1.30. The van der Waals surface area contributed by atoms with Crippen molar-refractivity contribution in [2.45, 2.75) is 52.7 Å². The van der Waals surface area contributed by atoms with Gasteiger partial charge in [-0.05, 0) is 48.6 Å². The van der Waals surface area contributed by atoms with Crippen LogP contribution in [0.25, 0.3) is 0 Å². The van der Waals surface area contributed by atoms with E-state index in [1.165, 1.54) is 4.88 Å². The number of hydrogen-bond donors (Lipinski definition) is 1. The van der Waals surface area contributed by atoms with Crippen LogP contribution in [-0.2, 0) is 6.54 Å². The minimum Gasteiger partial charge on any atom is -0.305 e. The summed E-state index contributed by atoms with van der Waals surface area (Å²) in [7, 11) is 0. The summed E-state index contributed by atoms with van der Waals surface area (Å²) in [5.74, 6) is 1.32. The fraction of sp³-hybridized carbons (Fsp3) is 0.643. The van der Waals surface area contributed by atoms with E-state index in [0.717, 1.165) is 5.82 Å². The van der Waals surface area contributed by atoms with Gasteiger partial charge in [-0.3, -0.25) is 0 Å². The van der Waals surface area contributed by atoms with E-state index in [-0.39, 0.29) is 11.6 Å². The summed E-state index contributed by atoms with van der Waals surface area (Å²) in [6, 6.07) is 4.42. The zero-order valence-electron chi connectivity index (χ0n) is 12.8. The average molecular weight is 293 g/mol. The van der Waals surface area contributed by atoms with Crippen LogP contribution in [0.2, 0.25) is 0 Å². The first-order chi connectivity index (χ1) is 9.38. The van der Waals surface area contributed by atoms with E-state index in [2.05, 4.69) is 73.0 Å². The second-order valence-corrected chi connectivity index (χ2v) is 7.33. The number of rotatable bonds is 5. The van der Waals surface area contributed by atoms with E-state index < -0.39 is 0 Å². The third-order valence-corrected chi connectivity index (χ3v) is 4.01. The van der Waals surface area contributed by atoms with Gasteiger partial charge in [0.25, 0.3) is 0 Å². The molecule has 20 heavy (non-hydrogen) atoms. The smallest absolute Gasteiger partial charge is 0.165 e. The summed E-state index contributed by atoms with van der Waals surface area (Å²) in [5.41, 5.74) is 0.0487. The maximum Gasteiger partial charge on any atom is 0.165 e. The monoisotopic (exact) mass is 293 g/mol. The van der Waals surface area contributed by atoms with Crippen molar-refractivity contribution in [3.63, 3.8) is 0 Å². The van der Waals surface area contributed by atoms with Gasteiger partial charge in [-0.25, -0.2) is 4.68 Å². The minimum absolute atomic E-state index is 0.0487. The molecule has 6 heteroatoms. The molecule has 2 rings (SSSR count). The third kappa shape index (κ3) is 3.64. The van der Waals surface area contributed by atoms with E-state index >= 15 is 0 Å². The highest BCUT2D eigenvalue weighted by Crippen LogP contribution is 2.29. The molecule has 2 aromatic heterocycles. The van der Waals surface area contributed by atoms with Crippen LogP contribution < -0.4 is 5.32 Å². The average Bonchev–Trinajstić information content (AvgIpc) is 2.97. The molecule has 5 nitrogen and oxygen atoms in total. The Morgan fingerprint density at radius 1 is 1.35 bits per heavy atom. The largest absolute Gasteiger partial charge is 0.305 e. The van der Waals surface area contributed by atoms with Gasteiger partial charge in [0, 0.05) is 10.4 Å². The first-order valence-electron chi connectivity index (χ1n) is 6.93. The molecule has 0 saturated carbocycles. The predicted octanol–water partition coefficient (Wildman–Crippen LogP) is 2.87. The van der Waals surface area contributed by atoms with Crippen molar-refractivity contribution in [1.82, 2.24) is 25.5 Å². The topological polar surface area (TPSA) is 55.6 Å².